The highest BCUT2D eigenvalue weighted by Crippen LogP contribution is 2.13. The lowest BCUT2D eigenvalue weighted by Crippen LogP contribution is -2.44. The number of carbonyl (C=O) groups excluding carboxylic acids is 1. The largest absolute Gasteiger partial charge is 0.460 e. The fourth-order valence-electron chi connectivity index (χ4n) is 2.86. The Balaban J connectivity index is 1.44. The Morgan fingerprint density at radius 2 is 2.08 bits per heavy atom. The van der Waals surface area contributed by atoms with Gasteiger partial charge in [0.2, 0.25) is 0 Å². The predicted molar refractivity (Wildman–Crippen MR) is 103 cm³/mol. The van der Waals surface area contributed by atoms with Gasteiger partial charge in [0, 0.05) is 30.7 Å². The van der Waals surface area contributed by atoms with Crippen LogP contribution in [0.5, 0.6) is 0 Å². The van der Waals surface area contributed by atoms with Crippen molar-refractivity contribution in [2.24, 2.45) is 0 Å². The third-order valence-electron chi connectivity index (χ3n) is 4.14. The van der Waals surface area contributed by atoms with E-state index in [-0.39, 0.29) is 18.7 Å². The first-order valence-electron chi connectivity index (χ1n) is 8.67. The third-order valence-corrected chi connectivity index (χ3v) is 4.38. The molecule has 2 aromatic rings. The molecule has 1 aliphatic heterocycles. The molecule has 1 aliphatic rings. The molecule has 5 heteroatoms. The topological polar surface area (TPSA) is 38.8 Å². The van der Waals surface area contributed by atoms with Crippen LogP contribution in [0, 0.1) is 0 Å². The maximum absolute atomic E-state index is 11.9. The Kier molecular flexibility index (Phi) is 6.83. The number of rotatable bonds is 6. The van der Waals surface area contributed by atoms with Gasteiger partial charge in [-0.05, 0) is 29.3 Å². The van der Waals surface area contributed by atoms with E-state index in [4.69, 9.17) is 21.1 Å². The second-order valence-corrected chi connectivity index (χ2v) is 6.67. The van der Waals surface area contributed by atoms with Crippen molar-refractivity contribution in [1.29, 1.82) is 0 Å². The van der Waals surface area contributed by atoms with Gasteiger partial charge in [-0.25, -0.2) is 4.79 Å². The summed E-state index contributed by atoms with van der Waals surface area (Å²) in [5, 5.41) is 0.634. The Hall–Kier alpha value is -2.14. The Bertz CT molecular complexity index is 748. The molecule has 0 aliphatic carbocycles. The number of nitrogens with zero attached hydrogens (tertiary/aromatic N) is 1. The zero-order valence-electron chi connectivity index (χ0n) is 14.5. The summed E-state index contributed by atoms with van der Waals surface area (Å²) < 4.78 is 11.0. The van der Waals surface area contributed by atoms with Crippen molar-refractivity contribution < 1.29 is 14.3 Å². The van der Waals surface area contributed by atoms with Crippen LogP contribution in [0.25, 0.3) is 6.08 Å². The van der Waals surface area contributed by atoms with E-state index in [9.17, 15) is 4.79 Å². The first kappa shape index (κ1) is 18.6. The van der Waals surface area contributed by atoms with Crippen molar-refractivity contribution in [1.82, 2.24) is 4.90 Å². The molecule has 0 N–H and O–H groups in total. The van der Waals surface area contributed by atoms with Gasteiger partial charge in [-0.2, -0.15) is 0 Å². The highest BCUT2D eigenvalue weighted by atomic mass is 35.5. The van der Waals surface area contributed by atoms with Crippen LogP contribution >= 0.6 is 11.6 Å². The maximum atomic E-state index is 11.9. The molecule has 0 amide bonds. The van der Waals surface area contributed by atoms with Gasteiger partial charge in [-0.15, -0.1) is 0 Å². The molecule has 1 heterocycles. The minimum Gasteiger partial charge on any atom is -0.460 e. The number of hydrogen-bond acceptors (Lipinski definition) is 4. The first-order chi connectivity index (χ1) is 12.7. The molecule has 4 nitrogen and oxygen atoms in total. The Morgan fingerprint density at radius 1 is 1.23 bits per heavy atom. The van der Waals surface area contributed by atoms with Crippen LogP contribution in [0.15, 0.2) is 60.7 Å². The second kappa shape index (κ2) is 9.53. The van der Waals surface area contributed by atoms with E-state index < -0.39 is 0 Å². The summed E-state index contributed by atoms with van der Waals surface area (Å²) in [5.41, 5.74) is 2.13. The lowest BCUT2D eigenvalue weighted by molar-refractivity contribution is -0.144. The molecule has 0 saturated carbocycles. The molecule has 1 unspecified atom stereocenters. The summed E-state index contributed by atoms with van der Waals surface area (Å²) in [6.45, 7) is 3.41. The van der Waals surface area contributed by atoms with Crippen molar-refractivity contribution >= 4 is 23.6 Å². The van der Waals surface area contributed by atoms with Crippen LogP contribution in [-0.2, 0) is 20.8 Å². The highest BCUT2D eigenvalue weighted by Gasteiger charge is 2.21. The molecular formula is C21H22ClNO3. The lowest BCUT2D eigenvalue weighted by Gasteiger charge is -2.32. The van der Waals surface area contributed by atoms with E-state index in [0.29, 0.717) is 11.6 Å². The summed E-state index contributed by atoms with van der Waals surface area (Å²) in [4.78, 5) is 14.2. The minimum absolute atomic E-state index is 0.101. The quantitative estimate of drug-likeness (QED) is 0.572. The fourth-order valence-corrected chi connectivity index (χ4v) is 3.06. The molecule has 0 radical (unpaired) electrons. The number of hydrogen-bond donors (Lipinski definition) is 0. The standard InChI is InChI=1S/C21H22ClNO3/c22-19-8-4-7-17(13-19)9-10-21(24)26-16-20-15-23(11-12-25-20)14-18-5-2-1-3-6-18/h1-10,13,20H,11-12,14-16H2. The fraction of sp³-hybridized carbons (Fsp3) is 0.286. The van der Waals surface area contributed by atoms with Crippen LogP contribution in [0.4, 0.5) is 0 Å². The smallest absolute Gasteiger partial charge is 0.330 e. The Morgan fingerprint density at radius 3 is 2.88 bits per heavy atom. The van der Waals surface area contributed by atoms with Gasteiger partial charge in [-0.1, -0.05) is 54.1 Å². The molecule has 0 aromatic heterocycles. The van der Waals surface area contributed by atoms with Crippen LogP contribution in [0.2, 0.25) is 5.02 Å². The van der Waals surface area contributed by atoms with E-state index in [1.807, 2.05) is 30.3 Å². The molecule has 2 aromatic carbocycles. The van der Waals surface area contributed by atoms with Gasteiger partial charge in [0.05, 0.1) is 6.61 Å². The highest BCUT2D eigenvalue weighted by molar-refractivity contribution is 6.30. The molecule has 1 saturated heterocycles. The van der Waals surface area contributed by atoms with E-state index in [0.717, 1.165) is 25.2 Å². The van der Waals surface area contributed by atoms with Gasteiger partial charge in [-0.3, -0.25) is 4.90 Å². The lowest BCUT2D eigenvalue weighted by atomic mass is 10.2. The molecule has 26 heavy (non-hydrogen) atoms. The molecule has 0 bridgehead atoms. The third kappa shape index (κ3) is 5.99. The van der Waals surface area contributed by atoms with E-state index in [2.05, 4.69) is 17.0 Å². The normalized spacial score (nSPS) is 18.1. The number of carbonyl (C=O) groups is 1. The summed E-state index contributed by atoms with van der Waals surface area (Å²) >= 11 is 5.92. The zero-order chi connectivity index (χ0) is 18.2. The summed E-state index contributed by atoms with van der Waals surface area (Å²) in [6, 6.07) is 17.6. The van der Waals surface area contributed by atoms with Crippen LogP contribution in [0.1, 0.15) is 11.1 Å². The number of halogens is 1. The summed E-state index contributed by atoms with van der Waals surface area (Å²) in [5.74, 6) is -0.381. The van der Waals surface area contributed by atoms with E-state index in [1.165, 1.54) is 11.6 Å². The minimum atomic E-state index is -0.381. The summed E-state index contributed by atoms with van der Waals surface area (Å²) in [6.07, 6.45) is 3.00. The van der Waals surface area contributed by atoms with Gasteiger partial charge >= 0.3 is 5.97 Å². The van der Waals surface area contributed by atoms with Gasteiger partial charge in [0.15, 0.2) is 0 Å². The predicted octanol–water partition coefficient (Wildman–Crippen LogP) is 3.80. The van der Waals surface area contributed by atoms with Crippen molar-refractivity contribution in [3.05, 3.63) is 76.8 Å². The average molecular weight is 372 g/mol. The monoisotopic (exact) mass is 371 g/mol. The van der Waals surface area contributed by atoms with E-state index in [1.54, 1.807) is 18.2 Å². The molecule has 1 fully saturated rings. The van der Waals surface area contributed by atoms with Crippen molar-refractivity contribution in [2.45, 2.75) is 12.6 Å². The van der Waals surface area contributed by atoms with Crippen LogP contribution in [-0.4, -0.2) is 43.3 Å². The average Bonchev–Trinajstić information content (AvgIpc) is 2.66. The molecule has 0 spiro atoms. The molecule has 136 valence electrons. The van der Waals surface area contributed by atoms with Crippen molar-refractivity contribution in [2.75, 3.05) is 26.3 Å². The number of morpholine rings is 1. The molecule has 1 atom stereocenters. The first-order valence-corrected chi connectivity index (χ1v) is 9.05. The molecular weight excluding hydrogens is 350 g/mol. The van der Waals surface area contributed by atoms with Crippen molar-refractivity contribution in [3.8, 4) is 0 Å². The van der Waals surface area contributed by atoms with Gasteiger partial charge in [0.1, 0.15) is 12.7 Å². The van der Waals surface area contributed by atoms with Crippen LogP contribution < -0.4 is 0 Å². The molecule has 3 rings (SSSR count). The maximum Gasteiger partial charge on any atom is 0.330 e. The number of esters is 1. The van der Waals surface area contributed by atoms with Gasteiger partial charge in [0.25, 0.3) is 0 Å². The SMILES string of the molecule is O=C(C=Cc1cccc(Cl)c1)OCC1CN(Cc2ccccc2)CCO1. The number of benzene rings is 2. The summed E-state index contributed by atoms with van der Waals surface area (Å²) in [7, 11) is 0. The van der Waals surface area contributed by atoms with Crippen LogP contribution in [0.3, 0.4) is 0 Å². The zero-order valence-corrected chi connectivity index (χ0v) is 15.3. The second-order valence-electron chi connectivity index (χ2n) is 6.23. The van der Waals surface area contributed by atoms with E-state index >= 15 is 0 Å². The number of ether oxygens (including phenoxy) is 2. The van der Waals surface area contributed by atoms with Crippen molar-refractivity contribution in [3.63, 3.8) is 0 Å². The Labute approximate surface area is 159 Å². The van der Waals surface area contributed by atoms with Gasteiger partial charge < -0.3 is 9.47 Å².